The number of carbonyl (C=O) groups excluding carboxylic acids is 2. The van der Waals surface area contributed by atoms with Gasteiger partial charge in [-0.05, 0) is 51.5 Å². The highest BCUT2D eigenvalue weighted by atomic mass is 32.2. The Morgan fingerprint density at radius 1 is 1.07 bits per heavy atom. The summed E-state index contributed by atoms with van der Waals surface area (Å²) in [6.45, 7) is 3.73. The molecule has 8 nitrogen and oxygen atoms in total. The smallest absolute Gasteiger partial charge is 0.407 e. The van der Waals surface area contributed by atoms with Gasteiger partial charge in [-0.25, -0.2) is 17.9 Å². The van der Waals surface area contributed by atoms with Crippen molar-refractivity contribution in [3.8, 4) is 0 Å². The minimum atomic E-state index is -4.67. The third-order valence-electron chi connectivity index (χ3n) is 3.16. The predicted molar refractivity (Wildman–Crippen MR) is 99.8 cm³/mol. The number of alkyl halides is 3. The molecule has 0 radical (unpaired) electrons. The molecule has 0 saturated heterocycles. The van der Waals surface area contributed by atoms with Gasteiger partial charge in [-0.1, -0.05) is 0 Å². The molecule has 2 amide bonds. The fourth-order valence-corrected chi connectivity index (χ4v) is 2.97. The summed E-state index contributed by atoms with van der Waals surface area (Å²) in [4.78, 5) is 23.0. The van der Waals surface area contributed by atoms with E-state index < -0.39 is 34.4 Å². The Labute approximate surface area is 167 Å². The number of hydrogen-bond donors (Lipinski definition) is 3. The second-order valence-corrected chi connectivity index (χ2v) is 8.81. The fourth-order valence-electron chi connectivity index (χ4n) is 1.95. The van der Waals surface area contributed by atoms with E-state index in [2.05, 4.69) is 10.6 Å². The topological polar surface area (TPSA) is 114 Å². The van der Waals surface area contributed by atoms with Crippen LogP contribution in [0, 0.1) is 0 Å². The Balaban J connectivity index is 2.45. The summed E-state index contributed by atoms with van der Waals surface area (Å²) in [7, 11) is -4.31. The molecular weight excluding hydrogens is 415 g/mol. The number of hydrogen-bond acceptors (Lipinski definition) is 5. The molecule has 0 spiro atoms. The van der Waals surface area contributed by atoms with Gasteiger partial charge in [-0.2, -0.15) is 13.2 Å². The number of benzene rings is 1. The van der Waals surface area contributed by atoms with Crippen LogP contribution in [0.25, 0.3) is 0 Å². The van der Waals surface area contributed by atoms with E-state index in [1.165, 1.54) is 16.9 Å². The molecule has 0 heterocycles. The average molecular weight is 439 g/mol. The third kappa shape index (κ3) is 10.7. The summed E-state index contributed by atoms with van der Waals surface area (Å²) < 4.78 is 66.5. The van der Waals surface area contributed by atoms with Crippen LogP contribution >= 0.6 is 0 Å². The van der Waals surface area contributed by atoms with Gasteiger partial charge in [0, 0.05) is 18.7 Å². The molecule has 0 saturated carbocycles. The summed E-state index contributed by atoms with van der Waals surface area (Å²) in [5.41, 5.74) is -0.339. The minimum absolute atomic E-state index is 0.0863. The molecule has 164 valence electrons. The van der Waals surface area contributed by atoms with Crippen LogP contribution in [0.5, 0.6) is 0 Å². The molecule has 29 heavy (non-hydrogen) atoms. The molecule has 0 aliphatic heterocycles. The highest BCUT2D eigenvalue weighted by Crippen LogP contribution is 2.17. The molecule has 3 N–H and O–H groups in total. The fraction of sp³-hybridized carbons (Fsp3) is 0.529. The maximum Gasteiger partial charge on any atom is 0.407 e. The number of ether oxygens (including phenoxy) is 1. The summed E-state index contributed by atoms with van der Waals surface area (Å²) in [5.74, 6) is -0.373. The number of anilines is 1. The first kappa shape index (κ1) is 24.7. The number of alkyl carbamates (subject to hydrolysis) is 1. The Bertz CT molecular complexity index is 803. The van der Waals surface area contributed by atoms with Crippen LogP contribution in [0.4, 0.5) is 23.7 Å². The first-order chi connectivity index (χ1) is 13.2. The lowest BCUT2D eigenvalue weighted by molar-refractivity contribution is -0.121. The molecule has 0 aliphatic rings. The van der Waals surface area contributed by atoms with E-state index in [1.54, 1.807) is 20.8 Å². The number of sulfonamides is 1. The largest absolute Gasteiger partial charge is 0.444 e. The van der Waals surface area contributed by atoms with Crippen molar-refractivity contribution in [2.45, 2.75) is 50.3 Å². The quantitative estimate of drug-likeness (QED) is 0.539. The maximum atomic E-state index is 12.1. The molecule has 1 aromatic rings. The molecule has 12 heteroatoms. The lowest BCUT2D eigenvalue weighted by atomic mass is 10.2. The van der Waals surface area contributed by atoms with Crippen molar-refractivity contribution in [1.29, 1.82) is 0 Å². The summed E-state index contributed by atoms with van der Waals surface area (Å²) >= 11 is 0. The maximum absolute atomic E-state index is 12.1. The van der Waals surface area contributed by atoms with Gasteiger partial charge in [-0.3, -0.25) is 4.79 Å². The number of rotatable bonds is 8. The first-order valence-electron chi connectivity index (χ1n) is 8.61. The first-order valence-corrected chi connectivity index (χ1v) is 10.1. The summed E-state index contributed by atoms with van der Waals surface area (Å²) in [6.07, 6.45) is -4.82. The van der Waals surface area contributed by atoms with Crippen molar-refractivity contribution in [1.82, 2.24) is 10.0 Å². The number of amides is 2. The Kier molecular flexibility index (Phi) is 8.45. The van der Waals surface area contributed by atoms with E-state index in [-0.39, 0.29) is 29.5 Å². The molecule has 1 aromatic carbocycles. The van der Waals surface area contributed by atoms with Crippen molar-refractivity contribution < 1.29 is 35.9 Å². The zero-order chi connectivity index (χ0) is 22.3. The highest BCUT2D eigenvalue weighted by molar-refractivity contribution is 7.89. The van der Waals surface area contributed by atoms with Gasteiger partial charge in [0.25, 0.3) is 0 Å². The minimum Gasteiger partial charge on any atom is -0.444 e. The van der Waals surface area contributed by atoms with Crippen molar-refractivity contribution >= 4 is 27.7 Å². The lowest BCUT2D eigenvalue weighted by Crippen LogP contribution is -2.33. The Hall–Kier alpha value is -2.34. The van der Waals surface area contributed by atoms with Crippen LogP contribution in [-0.4, -0.2) is 45.3 Å². The van der Waals surface area contributed by atoms with Gasteiger partial charge in [0.1, 0.15) is 12.1 Å². The van der Waals surface area contributed by atoms with Crippen LogP contribution in [0.3, 0.4) is 0 Å². The van der Waals surface area contributed by atoms with E-state index >= 15 is 0 Å². The normalized spacial score (nSPS) is 12.3. The summed E-state index contributed by atoms with van der Waals surface area (Å²) in [6, 6.07) is 4.69. The van der Waals surface area contributed by atoms with Crippen LogP contribution in [0.1, 0.15) is 33.6 Å². The van der Waals surface area contributed by atoms with Crippen LogP contribution in [0.2, 0.25) is 0 Å². The average Bonchev–Trinajstić information content (AvgIpc) is 2.55. The molecule has 0 unspecified atom stereocenters. The van der Waals surface area contributed by atoms with Crippen LogP contribution in [0.15, 0.2) is 29.2 Å². The molecule has 0 atom stereocenters. The molecule has 0 aliphatic carbocycles. The standard InChI is InChI=1S/C17H24F3N3O5S/c1-16(2,3)28-15(25)21-10-4-5-14(24)23-12-6-8-13(9-7-12)29(26,27)22-11-17(18,19)20/h6-9,22H,4-5,10-11H2,1-3H3,(H,21,25)(H,23,24). The van der Waals surface area contributed by atoms with E-state index in [1.807, 2.05) is 0 Å². The monoisotopic (exact) mass is 439 g/mol. The van der Waals surface area contributed by atoms with Crippen molar-refractivity contribution in [2.75, 3.05) is 18.4 Å². The SMILES string of the molecule is CC(C)(C)OC(=O)NCCCC(=O)Nc1ccc(S(=O)(=O)NCC(F)(F)F)cc1. The molecule has 0 bridgehead atoms. The zero-order valence-corrected chi connectivity index (χ0v) is 17.0. The Morgan fingerprint density at radius 3 is 2.17 bits per heavy atom. The summed E-state index contributed by atoms with van der Waals surface area (Å²) in [5, 5.41) is 5.04. The van der Waals surface area contributed by atoms with E-state index in [0.29, 0.717) is 6.42 Å². The number of halogens is 3. The third-order valence-corrected chi connectivity index (χ3v) is 4.58. The van der Waals surface area contributed by atoms with Crippen LogP contribution in [-0.2, 0) is 19.6 Å². The molecule has 0 fully saturated rings. The van der Waals surface area contributed by atoms with Crippen molar-refractivity contribution in [3.63, 3.8) is 0 Å². The second kappa shape index (κ2) is 9.92. The van der Waals surface area contributed by atoms with Gasteiger partial charge >= 0.3 is 12.3 Å². The van der Waals surface area contributed by atoms with Gasteiger partial charge in [0.15, 0.2) is 0 Å². The predicted octanol–water partition coefficient (Wildman–Crippen LogP) is 2.77. The van der Waals surface area contributed by atoms with Crippen molar-refractivity contribution in [2.24, 2.45) is 0 Å². The van der Waals surface area contributed by atoms with Crippen LogP contribution < -0.4 is 15.4 Å². The Morgan fingerprint density at radius 2 is 1.66 bits per heavy atom. The van der Waals surface area contributed by atoms with Gasteiger partial charge in [0.2, 0.25) is 15.9 Å². The van der Waals surface area contributed by atoms with E-state index in [9.17, 15) is 31.2 Å². The molecule has 0 aromatic heterocycles. The lowest BCUT2D eigenvalue weighted by Gasteiger charge is -2.19. The van der Waals surface area contributed by atoms with Crippen molar-refractivity contribution in [3.05, 3.63) is 24.3 Å². The van der Waals surface area contributed by atoms with E-state index in [4.69, 9.17) is 4.74 Å². The molecular formula is C17H24F3N3O5S. The molecule has 1 rings (SSSR count). The number of nitrogens with one attached hydrogen (secondary N) is 3. The zero-order valence-electron chi connectivity index (χ0n) is 16.2. The van der Waals surface area contributed by atoms with E-state index in [0.717, 1.165) is 12.1 Å². The number of carbonyl (C=O) groups is 2. The highest BCUT2D eigenvalue weighted by Gasteiger charge is 2.30. The second-order valence-electron chi connectivity index (χ2n) is 7.04. The van der Waals surface area contributed by atoms with Gasteiger partial charge < -0.3 is 15.4 Å². The van der Waals surface area contributed by atoms with Gasteiger partial charge in [0.05, 0.1) is 4.90 Å². The van der Waals surface area contributed by atoms with Gasteiger partial charge in [-0.15, -0.1) is 0 Å².